The van der Waals surface area contributed by atoms with E-state index in [1.54, 1.807) is 13.8 Å². The topological polar surface area (TPSA) is 42.2 Å². The van der Waals surface area contributed by atoms with Gasteiger partial charge in [-0.25, -0.2) is 0 Å². The molecule has 1 aromatic heterocycles. The molecule has 3 heteroatoms. The van der Waals surface area contributed by atoms with E-state index in [1.165, 1.54) is 25.7 Å². The summed E-state index contributed by atoms with van der Waals surface area (Å²) in [5.74, 6) is -0.0368. The van der Waals surface area contributed by atoms with Crippen molar-refractivity contribution in [2.75, 3.05) is 0 Å². The first-order valence-corrected chi connectivity index (χ1v) is 7.82. The molecule has 1 aliphatic rings. The fraction of sp³-hybridized carbons (Fsp3) is 0.500. The summed E-state index contributed by atoms with van der Waals surface area (Å²) in [6.45, 7) is 4.59. The van der Waals surface area contributed by atoms with E-state index in [9.17, 15) is 9.90 Å². The average molecular weight is 285 g/mol. The molecule has 1 saturated carbocycles. The van der Waals surface area contributed by atoms with Gasteiger partial charge in [-0.05, 0) is 49.6 Å². The Morgan fingerprint density at radius 1 is 1.29 bits per heavy atom. The lowest BCUT2D eigenvalue weighted by Gasteiger charge is -2.23. The number of hydrogen-bond acceptors (Lipinski definition) is 1. The van der Waals surface area contributed by atoms with Gasteiger partial charge in [-0.2, -0.15) is 0 Å². The van der Waals surface area contributed by atoms with Crippen molar-refractivity contribution in [3.63, 3.8) is 0 Å². The molecule has 0 amide bonds. The number of benzene rings is 1. The van der Waals surface area contributed by atoms with Gasteiger partial charge in [0.25, 0.3) is 0 Å². The maximum atomic E-state index is 11.6. The SMILES string of the molecule is CC(C)(C(=O)O)c1cccc2ccn(CC3CCCC3)c12. The smallest absolute Gasteiger partial charge is 0.313 e. The Balaban J connectivity index is 2.08. The first-order valence-electron chi connectivity index (χ1n) is 7.82. The number of aliphatic carboxylic acids is 1. The maximum absolute atomic E-state index is 11.6. The second-order valence-electron chi connectivity index (χ2n) is 6.79. The van der Waals surface area contributed by atoms with Gasteiger partial charge in [-0.15, -0.1) is 0 Å². The molecule has 3 nitrogen and oxygen atoms in total. The lowest BCUT2D eigenvalue weighted by atomic mass is 9.83. The Bertz CT molecular complexity index is 663. The van der Waals surface area contributed by atoms with Crippen LogP contribution in [-0.4, -0.2) is 15.6 Å². The number of carboxylic acids is 1. The Hall–Kier alpha value is -1.77. The molecule has 21 heavy (non-hydrogen) atoms. The van der Waals surface area contributed by atoms with Crippen molar-refractivity contribution in [1.29, 1.82) is 0 Å². The van der Waals surface area contributed by atoms with Gasteiger partial charge in [0.1, 0.15) is 0 Å². The first-order chi connectivity index (χ1) is 10.00. The summed E-state index contributed by atoms with van der Waals surface area (Å²) < 4.78 is 2.27. The van der Waals surface area contributed by atoms with Crippen LogP contribution in [0.1, 0.15) is 45.1 Å². The van der Waals surface area contributed by atoms with Gasteiger partial charge in [-0.1, -0.05) is 31.0 Å². The molecule has 0 spiro atoms. The molecular weight excluding hydrogens is 262 g/mol. The molecular formula is C18H23NO2. The summed E-state index contributed by atoms with van der Waals surface area (Å²) in [5, 5.41) is 10.7. The van der Waals surface area contributed by atoms with Gasteiger partial charge >= 0.3 is 5.97 Å². The molecule has 0 atom stereocenters. The highest BCUT2D eigenvalue weighted by atomic mass is 16.4. The molecule has 0 aliphatic heterocycles. The standard InChI is InChI=1S/C18H23NO2/c1-18(2,17(20)21)15-9-5-8-14-10-11-19(16(14)15)12-13-6-3-4-7-13/h5,8-11,13H,3-4,6-7,12H2,1-2H3,(H,20,21). The second kappa shape index (κ2) is 5.21. The van der Waals surface area contributed by atoms with E-state index in [0.717, 1.165) is 28.9 Å². The minimum atomic E-state index is -0.870. The normalized spacial score (nSPS) is 16.7. The monoisotopic (exact) mass is 285 g/mol. The van der Waals surface area contributed by atoms with E-state index in [1.807, 2.05) is 12.1 Å². The second-order valence-corrected chi connectivity index (χ2v) is 6.79. The van der Waals surface area contributed by atoms with Crippen LogP contribution in [0.5, 0.6) is 0 Å². The van der Waals surface area contributed by atoms with Gasteiger partial charge in [0.2, 0.25) is 0 Å². The van der Waals surface area contributed by atoms with Gasteiger partial charge in [0.05, 0.1) is 10.9 Å². The molecule has 0 unspecified atom stereocenters. The van der Waals surface area contributed by atoms with Crippen LogP contribution in [0, 0.1) is 5.92 Å². The molecule has 0 bridgehead atoms. The number of nitrogens with zero attached hydrogens (tertiary/aromatic N) is 1. The fourth-order valence-corrected chi connectivity index (χ4v) is 3.50. The van der Waals surface area contributed by atoms with Crippen molar-refractivity contribution in [2.24, 2.45) is 5.92 Å². The largest absolute Gasteiger partial charge is 0.481 e. The third kappa shape index (κ3) is 2.45. The van der Waals surface area contributed by atoms with Gasteiger partial charge in [-0.3, -0.25) is 4.79 Å². The van der Waals surface area contributed by atoms with Crippen molar-refractivity contribution in [2.45, 2.75) is 51.5 Å². The summed E-state index contributed by atoms with van der Waals surface area (Å²) in [5.41, 5.74) is 1.14. The zero-order chi connectivity index (χ0) is 15.0. The zero-order valence-corrected chi connectivity index (χ0v) is 12.8. The van der Waals surface area contributed by atoms with Crippen LogP contribution in [0.3, 0.4) is 0 Å². The van der Waals surface area contributed by atoms with Gasteiger partial charge in [0.15, 0.2) is 0 Å². The summed E-state index contributed by atoms with van der Waals surface area (Å²) in [7, 11) is 0. The van der Waals surface area contributed by atoms with Gasteiger partial charge < -0.3 is 9.67 Å². The number of hydrogen-bond donors (Lipinski definition) is 1. The summed E-state index contributed by atoms with van der Waals surface area (Å²) >= 11 is 0. The van der Waals surface area contributed by atoms with E-state index in [2.05, 4.69) is 22.9 Å². The average Bonchev–Trinajstić information content (AvgIpc) is 3.09. The molecule has 1 heterocycles. The van der Waals surface area contributed by atoms with Crippen molar-refractivity contribution < 1.29 is 9.90 Å². The minimum absolute atomic E-state index is 0.738. The van der Waals surface area contributed by atoms with E-state index in [-0.39, 0.29) is 0 Å². The van der Waals surface area contributed by atoms with Crippen LogP contribution < -0.4 is 0 Å². The fourth-order valence-electron chi connectivity index (χ4n) is 3.50. The lowest BCUT2D eigenvalue weighted by Crippen LogP contribution is -2.29. The molecule has 2 aromatic rings. The predicted molar refractivity (Wildman–Crippen MR) is 84.6 cm³/mol. The maximum Gasteiger partial charge on any atom is 0.313 e. The molecule has 3 rings (SSSR count). The van der Waals surface area contributed by atoms with Crippen molar-refractivity contribution >= 4 is 16.9 Å². The number of carboxylic acid groups (broad SMARTS) is 1. The number of aromatic nitrogens is 1. The predicted octanol–water partition coefficient (Wildman–Crippen LogP) is 4.19. The Morgan fingerprint density at radius 2 is 2.00 bits per heavy atom. The van der Waals surface area contributed by atoms with Crippen LogP contribution in [0.15, 0.2) is 30.5 Å². The molecule has 1 aliphatic carbocycles. The summed E-state index contributed by atoms with van der Waals surface area (Å²) in [6.07, 6.45) is 7.37. The number of para-hydroxylation sites is 1. The number of fused-ring (bicyclic) bond motifs is 1. The van der Waals surface area contributed by atoms with E-state index >= 15 is 0 Å². The highest BCUT2D eigenvalue weighted by Crippen LogP contribution is 2.33. The molecule has 0 saturated heterocycles. The van der Waals surface area contributed by atoms with Gasteiger partial charge in [0, 0.05) is 12.7 Å². The summed E-state index contributed by atoms with van der Waals surface area (Å²) in [6, 6.07) is 8.09. The molecule has 112 valence electrons. The zero-order valence-electron chi connectivity index (χ0n) is 12.8. The molecule has 1 aromatic carbocycles. The highest BCUT2D eigenvalue weighted by molar-refractivity contribution is 5.91. The van der Waals surface area contributed by atoms with Crippen molar-refractivity contribution in [1.82, 2.24) is 4.57 Å². The van der Waals surface area contributed by atoms with Crippen LogP contribution in [0.25, 0.3) is 10.9 Å². The van der Waals surface area contributed by atoms with E-state index in [4.69, 9.17) is 0 Å². The van der Waals surface area contributed by atoms with Crippen LogP contribution in [-0.2, 0) is 16.8 Å². The van der Waals surface area contributed by atoms with Crippen LogP contribution in [0.2, 0.25) is 0 Å². The van der Waals surface area contributed by atoms with Crippen LogP contribution >= 0.6 is 0 Å². The van der Waals surface area contributed by atoms with E-state index in [0.29, 0.717) is 0 Å². The minimum Gasteiger partial charge on any atom is -0.481 e. The van der Waals surface area contributed by atoms with E-state index < -0.39 is 11.4 Å². The first kappa shape index (κ1) is 14.2. The van der Waals surface area contributed by atoms with Crippen LogP contribution in [0.4, 0.5) is 0 Å². The van der Waals surface area contributed by atoms with Crippen molar-refractivity contribution in [3.05, 3.63) is 36.0 Å². The quantitative estimate of drug-likeness (QED) is 0.915. The van der Waals surface area contributed by atoms with Crippen molar-refractivity contribution in [3.8, 4) is 0 Å². The Labute approximate surface area is 125 Å². The lowest BCUT2D eigenvalue weighted by molar-refractivity contribution is -0.142. The Kier molecular flexibility index (Phi) is 3.52. The summed E-state index contributed by atoms with van der Waals surface area (Å²) in [4.78, 5) is 11.6. The highest BCUT2D eigenvalue weighted by Gasteiger charge is 2.32. The Morgan fingerprint density at radius 3 is 2.67 bits per heavy atom. The number of carbonyl (C=O) groups is 1. The molecule has 1 N–H and O–H groups in total. The third-order valence-corrected chi connectivity index (χ3v) is 4.93. The molecule has 0 radical (unpaired) electrons. The third-order valence-electron chi connectivity index (χ3n) is 4.93. The molecule has 1 fully saturated rings. The number of rotatable bonds is 4.